The number of nitrogens with zero attached hydrogens (tertiary/aromatic N) is 1. The summed E-state index contributed by atoms with van der Waals surface area (Å²) < 4.78 is 0. The Morgan fingerprint density at radius 1 is 1.27 bits per heavy atom. The number of rotatable bonds is 8. The van der Waals surface area contributed by atoms with E-state index < -0.39 is 0 Å². The van der Waals surface area contributed by atoms with Crippen molar-refractivity contribution in [3.8, 4) is 0 Å². The summed E-state index contributed by atoms with van der Waals surface area (Å²) >= 11 is 6.14. The van der Waals surface area contributed by atoms with Crippen LogP contribution in [0.2, 0.25) is 5.02 Å². The maximum Gasteiger partial charge on any atom is 0.239 e. The normalized spacial score (nSPS) is 11.8. The van der Waals surface area contributed by atoms with E-state index in [-0.39, 0.29) is 30.9 Å². The lowest BCUT2D eigenvalue weighted by Gasteiger charge is -2.22. The zero-order valence-corrected chi connectivity index (χ0v) is 14.1. The number of benzene rings is 1. The third-order valence-electron chi connectivity index (χ3n) is 3.37. The second kappa shape index (κ2) is 9.43. The third kappa shape index (κ3) is 5.66. The standard InChI is InChI=1S/C16H24ClN3O2/c1-4-18-15(21)11-20(5-2)16(22)10-19-12(3)13-8-6-7-9-14(13)17/h6-9,12,19H,4-5,10-11H2,1-3H3,(H,18,21)/t12-/m1/s1. The van der Waals surface area contributed by atoms with E-state index in [1.54, 1.807) is 0 Å². The monoisotopic (exact) mass is 325 g/mol. The molecule has 5 nitrogen and oxygen atoms in total. The fourth-order valence-electron chi connectivity index (χ4n) is 2.09. The first-order valence-corrected chi connectivity index (χ1v) is 7.89. The molecule has 1 rings (SSSR count). The number of nitrogens with one attached hydrogen (secondary N) is 2. The highest BCUT2D eigenvalue weighted by atomic mass is 35.5. The molecule has 2 amide bonds. The topological polar surface area (TPSA) is 61.4 Å². The average Bonchev–Trinajstić information content (AvgIpc) is 2.50. The molecule has 0 aliphatic carbocycles. The molecule has 0 unspecified atom stereocenters. The molecule has 0 bridgehead atoms. The van der Waals surface area contributed by atoms with Crippen molar-refractivity contribution in [1.29, 1.82) is 0 Å². The Kier molecular flexibility index (Phi) is 7.91. The largest absolute Gasteiger partial charge is 0.355 e. The predicted octanol–water partition coefficient (Wildman–Crippen LogP) is 1.98. The van der Waals surface area contributed by atoms with E-state index in [4.69, 9.17) is 11.6 Å². The van der Waals surface area contributed by atoms with Crippen LogP contribution < -0.4 is 10.6 Å². The van der Waals surface area contributed by atoms with Crippen LogP contribution in [0.5, 0.6) is 0 Å². The van der Waals surface area contributed by atoms with Crippen LogP contribution in [-0.2, 0) is 9.59 Å². The Morgan fingerprint density at radius 3 is 2.55 bits per heavy atom. The summed E-state index contributed by atoms with van der Waals surface area (Å²) in [6, 6.07) is 7.49. The van der Waals surface area contributed by atoms with Crippen LogP contribution in [-0.4, -0.2) is 42.9 Å². The second-order valence-corrected chi connectivity index (χ2v) is 5.39. The van der Waals surface area contributed by atoms with Gasteiger partial charge in [0.2, 0.25) is 11.8 Å². The molecule has 22 heavy (non-hydrogen) atoms. The molecule has 1 aromatic carbocycles. The van der Waals surface area contributed by atoms with Gasteiger partial charge in [-0.05, 0) is 32.4 Å². The average molecular weight is 326 g/mol. The molecule has 0 heterocycles. The number of likely N-dealkylation sites (N-methyl/N-ethyl adjacent to an activating group) is 2. The summed E-state index contributed by atoms with van der Waals surface area (Å²) in [4.78, 5) is 25.3. The number of carbonyl (C=O) groups excluding carboxylic acids is 2. The first-order valence-electron chi connectivity index (χ1n) is 7.51. The quantitative estimate of drug-likeness (QED) is 0.768. The van der Waals surface area contributed by atoms with Gasteiger partial charge >= 0.3 is 0 Å². The van der Waals surface area contributed by atoms with Gasteiger partial charge in [0.25, 0.3) is 0 Å². The van der Waals surface area contributed by atoms with Crippen LogP contribution in [0, 0.1) is 0 Å². The fourth-order valence-corrected chi connectivity index (χ4v) is 2.39. The summed E-state index contributed by atoms with van der Waals surface area (Å²) in [5.74, 6) is -0.246. The van der Waals surface area contributed by atoms with Crippen LogP contribution in [0.25, 0.3) is 0 Å². The van der Waals surface area contributed by atoms with Crippen LogP contribution in [0.15, 0.2) is 24.3 Å². The number of carbonyl (C=O) groups is 2. The summed E-state index contributed by atoms with van der Waals surface area (Å²) in [7, 11) is 0. The van der Waals surface area contributed by atoms with Crippen LogP contribution in [0.4, 0.5) is 0 Å². The van der Waals surface area contributed by atoms with E-state index in [0.717, 1.165) is 5.56 Å². The SMILES string of the molecule is CCNC(=O)CN(CC)C(=O)CN[C@H](C)c1ccccc1Cl. The highest BCUT2D eigenvalue weighted by molar-refractivity contribution is 6.31. The minimum Gasteiger partial charge on any atom is -0.355 e. The van der Waals surface area contributed by atoms with Crippen molar-refractivity contribution in [2.45, 2.75) is 26.8 Å². The highest BCUT2D eigenvalue weighted by Gasteiger charge is 2.16. The molecule has 2 N–H and O–H groups in total. The van der Waals surface area contributed by atoms with Gasteiger partial charge in [-0.2, -0.15) is 0 Å². The molecule has 122 valence electrons. The van der Waals surface area contributed by atoms with Crippen molar-refractivity contribution in [2.75, 3.05) is 26.2 Å². The van der Waals surface area contributed by atoms with E-state index in [1.807, 2.05) is 45.0 Å². The van der Waals surface area contributed by atoms with E-state index in [1.165, 1.54) is 4.90 Å². The Labute approximate surface area is 137 Å². The molecule has 0 spiro atoms. The minimum atomic E-state index is -0.142. The smallest absolute Gasteiger partial charge is 0.239 e. The number of hydrogen-bond acceptors (Lipinski definition) is 3. The second-order valence-electron chi connectivity index (χ2n) is 4.99. The van der Waals surface area contributed by atoms with Gasteiger partial charge in [0.05, 0.1) is 13.1 Å². The molecule has 0 radical (unpaired) electrons. The maximum absolute atomic E-state index is 12.2. The summed E-state index contributed by atoms with van der Waals surface area (Å²) in [5.41, 5.74) is 0.948. The van der Waals surface area contributed by atoms with Gasteiger partial charge in [0, 0.05) is 24.2 Å². The molecule has 1 atom stereocenters. The summed E-state index contributed by atoms with van der Waals surface area (Å²) in [6.07, 6.45) is 0. The molecule has 6 heteroatoms. The van der Waals surface area contributed by atoms with Crippen LogP contribution >= 0.6 is 11.6 Å². The van der Waals surface area contributed by atoms with Crippen molar-refractivity contribution in [2.24, 2.45) is 0 Å². The summed E-state index contributed by atoms with van der Waals surface area (Å²) in [6.45, 7) is 6.97. The first-order chi connectivity index (χ1) is 10.5. The highest BCUT2D eigenvalue weighted by Crippen LogP contribution is 2.21. The number of halogens is 1. The minimum absolute atomic E-state index is 0.0409. The van der Waals surface area contributed by atoms with Gasteiger partial charge in [-0.25, -0.2) is 0 Å². The van der Waals surface area contributed by atoms with Gasteiger partial charge in [0.1, 0.15) is 0 Å². The van der Waals surface area contributed by atoms with Crippen molar-refractivity contribution >= 4 is 23.4 Å². The molecule has 0 aliphatic rings. The lowest BCUT2D eigenvalue weighted by atomic mass is 10.1. The Morgan fingerprint density at radius 2 is 1.95 bits per heavy atom. The lowest BCUT2D eigenvalue weighted by molar-refractivity contribution is -0.135. The van der Waals surface area contributed by atoms with Crippen molar-refractivity contribution in [3.63, 3.8) is 0 Å². The van der Waals surface area contributed by atoms with Crippen molar-refractivity contribution < 1.29 is 9.59 Å². The fraction of sp³-hybridized carbons (Fsp3) is 0.500. The molecule has 0 aliphatic heterocycles. The molecule has 0 aromatic heterocycles. The van der Waals surface area contributed by atoms with Crippen LogP contribution in [0.1, 0.15) is 32.4 Å². The first kappa shape index (κ1) is 18.5. The van der Waals surface area contributed by atoms with Gasteiger partial charge in [-0.15, -0.1) is 0 Å². The van der Waals surface area contributed by atoms with E-state index in [0.29, 0.717) is 18.1 Å². The zero-order chi connectivity index (χ0) is 16.5. The lowest BCUT2D eigenvalue weighted by Crippen LogP contribution is -2.44. The predicted molar refractivity (Wildman–Crippen MR) is 88.8 cm³/mol. The molecule has 1 aromatic rings. The third-order valence-corrected chi connectivity index (χ3v) is 3.72. The molecular weight excluding hydrogens is 302 g/mol. The maximum atomic E-state index is 12.2. The number of amides is 2. The van der Waals surface area contributed by atoms with Crippen molar-refractivity contribution in [1.82, 2.24) is 15.5 Å². The zero-order valence-electron chi connectivity index (χ0n) is 13.4. The summed E-state index contributed by atoms with van der Waals surface area (Å²) in [5, 5.41) is 6.52. The molecule has 0 fully saturated rings. The molecular formula is C16H24ClN3O2. The van der Waals surface area contributed by atoms with Gasteiger partial charge in [0.15, 0.2) is 0 Å². The molecule has 0 saturated carbocycles. The van der Waals surface area contributed by atoms with Gasteiger partial charge in [-0.3, -0.25) is 9.59 Å². The van der Waals surface area contributed by atoms with Crippen molar-refractivity contribution in [3.05, 3.63) is 34.9 Å². The Balaban J connectivity index is 2.53. The number of hydrogen-bond donors (Lipinski definition) is 2. The van der Waals surface area contributed by atoms with Gasteiger partial charge in [-0.1, -0.05) is 29.8 Å². The van der Waals surface area contributed by atoms with E-state index in [2.05, 4.69) is 10.6 Å². The van der Waals surface area contributed by atoms with Gasteiger partial charge < -0.3 is 15.5 Å². The Hall–Kier alpha value is -1.59. The van der Waals surface area contributed by atoms with E-state index >= 15 is 0 Å². The molecule has 0 saturated heterocycles. The Bertz CT molecular complexity index is 508. The van der Waals surface area contributed by atoms with E-state index in [9.17, 15) is 9.59 Å². The van der Waals surface area contributed by atoms with Crippen LogP contribution in [0.3, 0.4) is 0 Å².